The third-order valence-electron chi connectivity index (χ3n) is 3.98. The Kier molecular flexibility index (Phi) is 6.40. The van der Waals surface area contributed by atoms with Crippen molar-refractivity contribution in [3.05, 3.63) is 34.9 Å². The molecule has 116 valence electrons. The molecule has 1 amide bonds. The van der Waals surface area contributed by atoms with Crippen LogP contribution in [0.1, 0.15) is 30.1 Å². The quantitative estimate of drug-likeness (QED) is 0.901. The van der Waals surface area contributed by atoms with Gasteiger partial charge in [-0.3, -0.25) is 4.79 Å². The first-order valence-corrected chi connectivity index (χ1v) is 9.08. The Bertz CT molecular complexity index is 475. The second-order valence-electron chi connectivity index (χ2n) is 5.50. The van der Waals surface area contributed by atoms with Gasteiger partial charge in [0, 0.05) is 30.9 Å². The molecule has 1 aromatic carbocycles. The number of carbonyl (C=O) groups is 1. The number of halogens is 1. The van der Waals surface area contributed by atoms with Crippen molar-refractivity contribution in [3.8, 4) is 0 Å². The van der Waals surface area contributed by atoms with Crippen molar-refractivity contribution in [2.24, 2.45) is 0 Å². The van der Waals surface area contributed by atoms with Gasteiger partial charge in [-0.25, -0.2) is 0 Å². The van der Waals surface area contributed by atoms with Crippen LogP contribution in [0.4, 0.5) is 0 Å². The predicted molar refractivity (Wildman–Crippen MR) is 91.4 cm³/mol. The first-order chi connectivity index (χ1) is 10.1. The van der Waals surface area contributed by atoms with E-state index in [1.165, 1.54) is 0 Å². The van der Waals surface area contributed by atoms with Crippen LogP contribution in [0.25, 0.3) is 0 Å². The minimum Gasteiger partial charge on any atom is -0.338 e. The maximum atomic E-state index is 12.5. The fourth-order valence-electron chi connectivity index (χ4n) is 2.51. The van der Waals surface area contributed by atoms with E-state index in [0.29, 0.717) is 21.9 Å². The molecule has 0 unspecified atom stereocenters. The van der Waals surface area contributed by atoms with Gasteiger partial charge in [0.25, 0.3) is 5.91 Å². The zero-order valence-electron chi connectivity index (χ0n) is 12.6. The van der Waals surface area contributed by atoms with Crippen molar-refractivity contribution < 1.29 is 4.79 Å². The van der Waals surface area contributed by atoms with E-state index in [1.54, 1.807) is 12.1 Å². The van der Waals surface area contributed by atoms with E-state index in [0.717, 1.165) is 32.5 Å². The Morgan fingerprint density at radius 2 is 2.10 bits per heavy atom. The smallest absolute Gasteiger partial charge is 0.255 e. The largest absolute Gasteiger partial charge is 0.338 e. The van der Waals surface area contributed by atoms with E-state index in [4.69, 9.17) is 11.6 Å². The van der Waals surface area contributed by atoms with Crippen molar-refractivity contribution in [1.29, 1.82) is 0 Å². The van der Waals surface area contributed by atoms with Gasteiger partial charge in [-0.15, -0.1) is 0 Å². The highest BCUT2D eigenvalue weighted by Crippen LogP contribution is 2.20. The lowest BCUT2D eigenvalue weighted by Gasteiger charge is -2.33. The maximum absolute atomic E-state index is 12.5. The van der Waals surface area contributed by atoms with E-state index in [1.807, 2.05) is 28.8 Å². The van der Waals surface area contributed by atoms with Gasteiger partial charge in [-0.2, -0.15) is 11.8 Å². The van der Waals surface area contributed by atoms with Crippen molar-refractivity contribution in [2.75, 3.05) is 25.9 Å². The summed E-state index contributed by atoms with van der Waals surface area (Å²) >= 11 is 7.98. The number of nitrogens with one attached hydrogen (secondary N) is 1. The summed E-state index contributed by atoms with van der Waals surface area (Å²) < 4.78 is 0. The Morgan fingerprint density at radius 1 is 1.43 bits per heavy atom. The van der Waals surface area contributed by atoms with Crippen molar-refractivity contribution in [1.82, 2.24) is 10.2 Å². The lowest BCUT2D eigenvalue weighted by atomic mass is 10.0. The molecule has 21 heavy (non-hydrogen) atoms. The average Bonchev–Trinajstić information content (AvgIpc) is 2.53. The molecule has 1 aliphatic rings. The number of hydrogen-bond acceptors (Lipinski definition) is 3. The summed E-state index contributed by atoms with van der Waals surface area (Å²) in [5.74, 6) is 0.0523. The molecule has 1 fully saturated rings. The lowest BCUT2D eigenvalue weighted by Crippen LogP contribution is -2.46. The van der Waals surface area contributed by atoms with Crippen LogP contribution in [0.2, 0.25) is 5.02 Å². The van der Waals surface area contributed by atoms with Gasteiger partial charge in [0.1, 0.15) is 0 Å². The molecular weight excluding hydrogens is 304 g/mol. The Balaban J connectivity index is 1.84. The van der Waals surface area contributed by atoms with Gasteiger partial charge in [0.15, 0.2) is 0 Å². The van der Waals surface area contributed by atoms with E-state index >= 15 is 0 Å². The average molecular weight is 327 g/mol. The Hall–Kier alpha value is -0.710. The first kappa shape index (κ1) is 16.7. The van der Waals surface area contributed by atoms with Gasteiger partial charge in [0.2, 0.25) is 0 Å². The van der Waals surface area contributed by atoms with Crippen molar-refractivity contribution >= 4 is 29.3 Å². The molecule has 1 aromatic rings. The molecule has 1 heterocycles. The number of hydrogen-bond donors (Lipinski definition) is 1. The van der Waals surface area contributed by atoms with E-state index in [-0.39, 0.29) is 5.91 Å². The molecule has 0 saturated carbocycles. The fraction of sp³-hybridized carbons (Fsp3) is 0.562. The number of amides is 1. The Labute approximate surface area is 136 Å². The number of rotatable bonds is 5. The van der Waals surface area contributed by atoms with Crippen LogP contribution in [0, 0.1) is 0 Å². The molecule has 0 spiro atoms. The molecule has 0 radical (unpaired) electrons. The van der Waals surface area contributed by atoms with Crippen LogP contribution in [-0.2, 0) is 0 Å². The normalized spacial score (nSPS) is 17.8. The molecule has 1 saturated heterocycles. The number of nitrogens with zero attached hydrogens (tertiary/aromatic N) is 1. The van der Waals surface area contributed by atoms with Gasteiger partial charge in [-0.1, -0.05) is 30.7 Å². The molecule has 0 bridgehead atoms. The second kappa shape index (κ2) is 8.06. The zero-order chi connectivity index (χ0) is 15.2. The van der Waals surface area contributed by atoms with E-state index < -0.39 is 0 Å². The minimum absolute atomic E-state index is 0.0523. The predicted octanol–water partition coefficient (Wildman–Crippen LogP) is 3.29. The molecule has 3 nitrogen and oxygen atoms in total. The van der Waals surface area contributed by atoms with E-state index in [2.05, 4.69) is 18.5 Å². The standard InChI is InChI=1S/C16H23ClN2OS/c1-12(21-2)11-18-13-7-9-19(10-8-13)16(20)14-5-3-4-6-15(14)17/h3-6,12-13,18H,7-11H2,1-2H3/t12-/m0/s1. The third-order valence-corrected chi connectivity index (χ3v) is 5.28. The molecule has 0 aromatic heterocycles. The monoisotopic (exact) mass is 326 g/mol. The topological polar surface area (TPSA) is 32.3 Å². The van der Waals surface area contributed by atoms with Gasteiger partial charge in [0.05, 0.1) is 10.6 Å². The summed E-state index contributed by atoms with van der Waals surface area (Å²) in [6.45, 7) is 4.86. The highest BCUT2D eigenvalue weighted by atomic mass is 35.5. The molecule has 1 aliphatic heterocycles. The summed E-state index contributed by atoms with van der Waals surface area (Å²) in [4.78, 5) is 14.4. The van der Waals surface area contributed by atoms with E-state index in [9.17, 15) is 4.79 Å². The fourth-order valence-corrected chi connectivity index (χ4v) is 2.99. The number of likely N-dealkylation sites (tertiary alicyclic amines) is 1. The minimum atomic E-state index is 0.0523. The molecule has 5 heteroatoms. The van der Waals surface area contributed by atoms with Crippen molar-refractivity contribution in [3.63, 3.8) is 0 Å². The summed E-state index contributed by atoms with van der Waals surface area (Å²) in [5, 5.41) is 4.77. The Morgan fingerprint density at radius 3 is 2.71 bits per heavy atom. The van der Waals surface area contributed by atoms with Crippen LogP contribution in [-0.4, -0.2) is 48.0 Å². The number of piperidine rings is 1. The second-order valence-corrected chi connectivity index (χ2v) is 7.18. The highest BCUT2D eigenvalue weighted by molar-refractivity contribution is 7.99. The molecular formula is C16H23ClN2OS. The SMILES string of the molecule is CS[C@@H](C)CNC1CCN(C(=O)c2ccccc2Cl)CC1. The van der Waals surface area contributed by atoms with Crippen LogP contribution < -0.4 is 5.32 Å². The highest BCUT2D eigenvalue weighted by Gasteiger charge is 2.24. The molecule has 2 rings (SSSR count). The third kappa shape index (κ3) is 4.63. The zero-order valence-corrected chi connectivity index (χ0v) is 14.2. The van der Waals surface area contributed by atoms with Gasteiger partial charge in [-0.05, 0) is 31.2 Å². The van der Waals surface area contributed by atoms with Gasteiger partial charge < -0.3 is 10.2 Å². The van der Waals surface area contributed by atoms with Crippen LogP contribution in [0.5, 0.6) is 0 Å². The number of thioether (sulfide) groups is 1. The molecule has 1 N–H and O–H groups in total. The van der Waals surface area contributed by atoms with Gasteiger partial charge >= 0.3 is 0 Å². The number of carbonyl (C=O) groups excluding carboxylic acids is 1. The van der Waals surface area contributed by atoms with Crippen LogP contribution in [0.15, 0.2) is 24.3 Å². The lowest BCUT2D eigenvalue weighted by molar-refractivity contribution is 0.0705. The van der Waals surface area contributed by atoms with Crippen LogP contribution in [0.3, 0.4) is 0 Å². The molecule has 0 aliphatic carbocycles. The summed E-state index contributed by atoms with van der Waals surface area (Å²) in [6, 6.07) is 7.80. The summed E-state index contributed by atoms with van der Waals surface area (Å²) in [6.07, 6.45) is 4.16. The molecule has 1 atom stereocenters. The number of benzene rings is 1. The summed E-state index contributed by atoms with van der Waals surface area (Å²) in [7, 11) is 0. The first-order valence-electron chi connectivity index (χ1n) is 7.41. The summed E-state index contributed by atoms with van der Waals surface area (Å²) in [5.41, 5.74) is 0.613. The van der Waals surface area contributed by atoms with Crippen LogP contribution >= 0.6 is 23.4 Å². The maximum Gasteiger partial charge on any atom is 0.255 e. The van der Waals surface area contributed by atoms with Crippen molar-refractivity contribution in [2.45, 2.75) is 31.1 Å².